The van der Waals surface area contributed by atoms with Crippen LogP contribution in [0.15, 0.2) is 24.5 Å². The van der Waals surface area contributed by atoms with Gasteiger partial charge < -0.3 is 10.5 Å². The van der Waals surface area contributed by atoms with E-state index in [4.69, 9.17) is 10.5 Å². The lowest BCUT2D eigenvalue weighted by molar-refractivity contribution is 0.0990. The van der Waals surface area contributed by atoms with Gasteiger partial charge in [-0.15, -0.1) is 5.10 Å². The molecule has 1 aliphatic rings. The molecule has 1 saturated carbocycles. The molecule has 0 radical (unpaired) electrons. The van der Waals surface area contributed by atoms with Crippen LogP contribution in [0.4, 0.5) is 4.39 Å². The average molecular weight is 453 g/mol. The van der Waals surface area contributed by atoms with E-state index in [1.807, 2.05) is 6.92 Å². The van der Waals surface area contributed by atoms with Gasteiger partial charge in [0.1, 0.15) is 6.33 Å². The van der Waals surface area contributed by atoms with Crippen LogP contribution < -0.4 is 10.5 Å². The van der Waals surface area contributed by atoms with Crippen LogP contribution in [0.1, 0.15) is 61.1 Å². The molecule has 0 saturated heterocycles. The number of benzene rings is 1. The molecule has 8 nitrogen and oxygen atoms in total. The number of hydrogen-bond donors (Lipinski definition) is 1. The van der Waals surface area contributed by atoms with E-state index in [1.165, 1.54) is 17.1 Å². The number of nitrogens with zero attached hydrogens (tertiary/aromatic N) is 3. The second-order valence-corrected chi connectivity index (χ2v) is 10.4. The van der Waals surface area contributed by atoms with Crippen LogP contribution in [0.3, 0.4) is 0 Å². The Bertz CT molecular complexity index is 1000. The Morgan fingerprint density at radius 3 is 2.77 bits per heavy atom. The first-order valence-electron chi connectivity index (χ1n) is 10.6. The zero-order valence-corrected chi connectivity index (χ0v) is 18.5. The van der Waals surface area contributed by atoms with Gasteiger partial charge in [0, 0.05) is 6.54 Å². The number of unbranched alkanes of at least 4 members (excludes halogenated alkanes) is 2. The first-order chi connectivity index (χ1) is 14.7. The number of amides is 1. The molecule has 3 rings (SSSR count). The largest absolute Gasteiger partial charge is 0.490 e. The molecule has 1 atom stereocenters. The molecule has 2 N–H and O–H groups in total. The fourth-order valence-corrected chi connectivity index (χ4v) is 5.04. The van der Waals surface area contributed by atoms with Crippen LogP contribution in [0.2, 0.25) is 0 Å². The monoisotopic (exact) mass is 452 g/mol. The van der Waals surface area contributed by atoms with Crippen LogP contribution >= 0.6 is 0 Å². The van der Waals surface area contributed by atoms with Crippen molar-refractivity contribution in [2.24, 2.45) is 11.7 Å². The number of aryl methyl sites for hydroxylation is 1. The van der Waals surface area contributed by atoms with E-state index in [-0.39, 0.29) is 29.0 Å². The molecule has 0 unspecified atom stereocenters. The summed E-state index contributed by atoms with van der Waals surface area (Å²) in [6.45, 7) is 2.87. The molecule has 170 valence electrons. The van der Waals surface area contributed by atoms with Crippen molar-refractivity contribution in [3.05, 3.63) is 41.7 Å². The van der Waals surface area contributed by atoms with Crippen molar-refractivity contribution < 1.29 is 22.3 Å². The van der Waals surface area contributed by atoms with Gasteiger partial charge in [-0.3, -0.25) is 9.48 Å². The van der Waals surface area contributed by atoms with Crippen molar-refractivity contribution in [3.8, 4) is 5.75 Å². The third-order valence-electron chi connectivity index (χ3n) is 5.30. The van der Waals surface area contributed by atoms with E-state index in [0.717, 1.165) is 18.4 Å². The maximum atomic E-state index is 14.0. The molecule has 1 aliphatic carbocycles. The van der Waals surface area contributed by atoms with Gasteiger partial charge in [-0.25, -0.2) is 17.8 Å². The van der Waals surface area contributed by atoms with Gasteiger partial charge in [-0.05, 0) is 55.2 Å². The van der Waals surface area contributed by atoms with Gasteiger partial charge in [0.05, 0.1) is 18.1 Å². The van der Waals surface area contributed by atoms with Crippen LogP contribution in [-0.2, 0) is 16.4 Å². The molecule has 1 fully saturated rings. The highest BCUT2D eigenvalue weighted by Gasteiger charge is 2.23. The molecule has 0 bridgehead atoms. The van der Waals surface area contributed by atoms with Crippen LogP contribution in [0.5, 0.6) is 5.75 Å². The van der Waals surface area contributed by atoms with Gasteiger partial charge >= 0.3 is 0 Å². The van der Waals surface area contributed by atoms with Gasteiger partial charge in [0.15, 0.2) is 21.4 Å². The van der Waals surface area contributed by atoms with Crippen LogP contribution in [-0.4, -0.2) is 47.2 Å². The van der Waals surface area contributed by atoms with Gasteiger partial charge in [-0.2, -0.15) is 0 Å². The molecule has 1 aromatic carbocycles. The highest BCUT2D eigenvalue weighted by atomic mass is 32.2. The van der Waals surface area contributed by atoms with Crippen molar-refractivity contribution in [2.45, 2.75) is 51.5 Å². The Labute approximate surface area is 181 Å². The summed E-state index contributed by atoms with van der Waals surface area (Å²) < 4.78 is 46.1. The number of rotatable bonds is 13. The summed E-state index contributed by atoms with van der Waals surface area (Å²) in [5, 5.41) is 3.94. The molecule has 1 aromatic heterocycles. The zero-order chi connectivity index (χ0) is 22.4. The number of nitrogens with two attached hydrogens (primary N) is 1. The highest BCUT2D eigenvalue weighted by molar-refractivity contribution is 7.91. The Hall–Kier alpha value is -2.49. The lowest BCUT2D eigenvalue weighted by atomic mass is 10.0. The molecule has 1 heterocycles. The lowest BCUT2D eigenvalue weighted by Gasteiger charge is -2.15. The van der Waals surface area contributed by atoms with Crippen molar-refractivity contribution >= 4 is 15.7 Å². The summed E-state index contributed by atoms with van der Waals surface area (Å²) >= 11 is 0. The van der Waals surface area contributed by atoms with E-state index < -0.39 is 21.6 Å². The molecule has 31 heavy (non-hydrogen) atoms. The van der Waals surface area contributed by atoms with Crippen LogP contribution in [0.25, 0.3) is 0 Å². The standard InChI is InChI=1S/C21H29FN4O4S/c1-15(17-7-8-18(22)19(11-17)30-12-16-5-6-16)13-31(28,29)10-4-2-3-9-26-14-24-21(25-26)20(23)27/h7-8,11,14-16H,2-6,9-10,12-13H2,1H3,(H2,23,27)/t15-/m0/s1. The molecular formula is C21H29FN4O4S. The second-order valence-electron chi connectivity index (χ2n) is 8.22. The van der Waals surface area contributed by atoms with E-state index in [0.29, 0.717) is 38.3 Å². The van der Waals surface area contributed by atoms with E-state index in [2.05, 4.69) is 10.1 Å². The molecule has 0 aliphatic heterocycles. The minimum absolute atomic E-state index is 0.00570. The Balaban J connectivity index is 1.42. The fraction of sp³-hybridized carbons (Fsp3) is 0.571. The fourth-order valence-electron chi connectivity index (χ4n) is 3.28. The molecule has 10 heteroatoms. The topological polar surface area (TPSA) is 117 Å². The van der Waals surface area contributed by atoms with E-state index in [1.54, 1.807) is 12.1 Å². The summed E-state index contributed by atoms with van der Waals surface area (Å²) in [6.07, 6.45) is 5.61. The second kappa shape index (κ2) is 10.2. The summed E-state index contributed by atoms with van der Waals surface area (Å²) in [4.78, 5) is 14.8. The third-order valence-corrected chi connectivity index (χ3v) is 7.22. The van der Waals surface area contributed by atoms with Crippen molar-refractivity contribution in [1.82, 2.24) is 14.8 Å². The SMILES string of the molecule is C[C@@H](CS(=O)(=O)CCCCCn1cnc(C(N)=O)n1)c1ccc(F)c(OCC2CC2)c1. The summed E-state index contributed by atoms with van der Waals surface area (Å²) in [5.74, 6) is -0.581. The number of sulfone groups is 1. The van der Waals surface area contributed by atoms with Gasteiger partial charge in [0.2, 0.25) is 5.82 Å². The zero-order valence-electron chi connectivity index (χ0n) is 17.7. The number of hydrogen-bond acceptors (Lipinski definition) is 6. The normalized spacial score (nSPS) is 15.0. The maximum Gasteiger partial charge on any atom is 0.288 e. The number of carbonyl (C=O) groups is 1. The lowest BCUT2D eigenvalue weighted by Crippen LogP contribution is -2.16. The molecule has 2 aromatic rings. The predicted octanol–water partition coefficient (Wildman–Crippen LogP) is 2.69. The van der Waals surface area contributed by atoms with E-state index >= 15 is 0 Å². The highest BCUT2D eigenvalue weighted by Crippen LogP contribution is 2.31. The van der Waals surface area contributed by atoms with Crippen molar-refractivity contribution in [2.75, 3.05) is 18.1 Å². The number of primary amides is 1. The first kappa shape index (κ1) is 23.2. The summed E-state index contributed by atoms with van der Waals surface area (Å²) in [5.41, 5.74) is 5.87. The van der Waals surface area contributed by atoms with Crippen molar-refractivity contribution in [1.29, 1.82) is 0 Å². The predicted molar refractivity (Wildman–Crippen MR) is 114 cm³/mol. The van der Waals surface area contributed by atoms with Gasteiger partial charge in [0.25, 0.3) is 5.91 Å². The average Bonchev–Trinajstić information content (AvgIpc) is 3.41. The first-order valence-corrected chi connectivity index (χ1v) is 12.4. The molecule has 1 amide bonds. The summed E-state index contributed by atoms with van der Waals surface area (Å²) in [7, 11) is -3.25. The number of carbonyl (C=O) groups excluding carboxylic acids is 1. The summed E-state index contributed by atoms with van der Waals surface area (Å²) in [6, 6.07) is 4.59. The van der Waals surface area contributed by atoms with Crippen LogP contribution in [0, 0.1) is 11.7 Å². The number of aromatic nitrogens is 3. The minimum Gasteiger partial charge on any atom is -0.490 e. The Morgan fingerprint density at radius 1 is 1.32 bits per heavy atom. The maximum absolute atomic E-state index is 14.0. The smallest absolute Gasteiger partial charge is 0.288 e. The van der Waals surface area contributed by atoms with Crippen molar-refractivity contribution in [3.63, 3.8) is 0 Å². The Morgan fingerprint density at radius 2 is 2.10 bits per heavy atom. The Kier molecular flexibility index (Phi) is 7.64. The molecule has 0 spiro atoms. The minimum atomic E-state index is -3.25. The molecular weight excluding hydrogens is 423 g/mol. The van der Waals surface area contributed by atoms with E-state index in [9.17, 15) is 17.6 Å². The number of halogens is 1. The third kappa shape index (κ3) is 7.30. The quantitative estimate of drug-likeness (QED) is 0.467. The number of ether oxygens (including phenoxy) is 1. The van der Waals surface area contributed by atoms with Gasteiger partial charge in [-0.1, -0.05) is 19.4 Å².